The van der Waals surface area contributed by atoms with Gasteiger partial charge in [-0.1, -0.05) is 11.8 Å². The van der Waals surface area contributed by atoms with Crippen LogP contribution in [0, 0.1) is 0 Å². The van der Waals surface area contributed by atoms with Gasteiger partial charge in [0.1, 0.15) is 6.54 Å². The number of rotatable bonds is 4. The highest BCUT2D eigenvalue weighted by Gasteiger charge is 2.29. The second kappa shape index (κ2) is 6.22. The summed E-state index contributed by atoms with van der Waals surface area (Å²) in [4.78, 5) is 37.9. The number of amides is 4. The molecule has 4 amide bonds. The molecule has 0 atom stereocenters. The van der Waals surface area contributed by atoms with E-state index in [9.17, 15) is 27.6 Å². The Hall–Kier alpha value is -2.30. The first-order valence-corrected chi connectivity index (χ1v) is 6.81. The van der Waals surface area contributed by atoms with Gasteiger partial charge in [-0.25, -0.2) is 14.8 Å². The van der Waals surface area contributed by atoms with Gasteiger partial charge in [0.2, 0.25) is 5.91 Å². The molecule has 1 aromatic heterocycles. The Morgan fingerprint density at radius 3 is 2.77 bits per heavy atom. The normalized spacial score (nSPS) is 15.0. The average molecular weight is 334 g/mol. The van der Waals surface area contributed by atoms with E-state index in [2.05, 4.69) is 10.4 Å². The van der Waals surface area contributed by atoms with E-state index in [0.29, 0.717) is 11.8 Å². The Morgan fingerprint density at radius 2 is 2.18 bits per heavy atom. The highest BCUT2D eigenvalue weighted by Crippen LogP contribution is 2.26. The van der Waals surface area contributed by atoms with Crippen molar-refractivity contribution in [3.63, 3.8) is 0 Å². The number of alkyl halides is 3. The number of aromatic nitrogens is 1. The van der Waals surface area contributed by atoms with Crippen molar-refractivity contribution in [3.8, 4) is 0 Å². The fourth-order valence-corrected chi connectivity index (χ4v) is 2.16. The second-order valence-corrected chi connectivity index (χ2v) is 5.16. The molecule has 22 heavy (non-hydrogen) atoms. The second-order valence-electron chi connectivity index (χ2n) is 4.17. The highest BCUT2D eigenvalue weighted by atomic mass is 32.2. The number of pyridine rings is 1. The molecule has 1 aromatic rings. The molecule has 0 unspecified atom stereocenters. The van der Waals surface area contributed by atoms with E-state index in [0.717, 1.165) is 5.01 Å². The third kappa shape index (κ3) is 4.35. The Bertz CT molecular complexity index is 623. The summed E-state index contributed by atoms with van der Waals surface area (Å²) in [5.74, 6) is -2.43. The molecule has 0 saturated carbocycles. The molecule has 1 saturated heterocycles. The van der Waals surface area contributed by atoms with Crippen LogP contribution in [0.2, 0.25) is 0 Å². The number of carbonyl (C=O) groups is 3. The molecule has 0 aliphatic carbocycles. The lowest BCUT2D eigenvalue weighted by molar-refractivity contribution is -0.118. The standard InChI is InChI=1S/C11H9F3N4O3S/c12-11(13,14)5-22-8-3-6(1-2-15-8)9(20)17-18-4-7(19)16-10(18)21/h1-3H,4-5H2,(H,17,20)(H,16,19,21). The zero-order chi connectivity index (χ0) is 16.3. The summed E-state index contributed by atoms with van der Waals surface area (Å²) >= 11 is 0.439. The van der Waals surface area contributed by atoms with Gasteiger partial charge in [-0.2, -0.15) is 13.2 Å². The Morgan fingerprint density at radius 1 is 1.45 bits per heavy atom. The minimum atomic E-state index is -4.35. The molecular formula is C11H9F3N4O3S. The first-order chi connectivity index (χ1) is 10.2. The SMILES string of the molecule is O=C1CN(NC(=O)c2ccnc(SCC(F)(F)F)c2)C(=O)N1. The summed E-state index contributed by atoms with van der Waals surface area (Å²) in [7, 11) is 0. The van der Waals surface area contributed by atoms with E-state index in [4.69, 9.17) is 0 Å². The number of halogens is 3. The molecule has 2 N–H and O–H groups in total. The molecule has 2 heterocycles. The maximum Gasteiger partial charge on any atom is 0.398 e. The lowest BCUT2D eigenvalue weighted by atomic mass is 10.2. The number of hydrazine groups is 1. The summed E-state index contributed by atoms with van der Waals surface area (Å²) < 4.78 is 36.4. The maximum atomic E-state index is 12.1. The van der Waals surface area contributed by atoms with Crippen molar-refractivity contribution in [1.82, 2.24) is 20.7 Å². The van der Waals surface area contributed by atoms with Gasteiger partial charge in [-0.15, -0.1) is 0 Å². The van der Waals surface area contributed by atoms with Crippen LogP contribution in [0.3, 0.4) is 0 Å². The third-order valence-electron chi connectivity index (χ3n) is 2.41. The number of hydrogen-bond donors (Lipinski definition) is 2. The Labute approximate surface area is 126 Å². The van der Waals surface area contributed by atoms with Crippen LogP contribution in [0.1, 0.15) is 10.4 Å². The van der Waals surface area contributed by atoms with Crippen molar-refractivity contribution >= 4 is 29.6 Å². The molecule has 0 aromatic carbocycles. The molecule has 0 radical (unpaired) electrons. The van der Waals surface area contributed by atoms with Gasteiger partial charge >= 0.3 is 12.2 Å². The Kier molecular flexibility index (Phi) is 4.54. The maximum absolute atomic E-state index is 12.1. The molecule has 11 heteroatoms. The van der Waals surface area contributed by atoms with E-state index in [-0.39, 0.29) is 17.1 Å². The molecule has 118 valence electrons. The quantitative estimate of drug-likeness (QED) is 0.631. The molecule has 0 bridgehead atoms. The van der Waals surface area contributed by atoms with Crippen molar-refractivity contribution in [1.29, 1.82) is 0 Å². The lowest BCUT2D eigenvalue weighted by Gasteiger charge is -2.14. The number of nitrogens with zero attached hydrogens (tertiary/aromatic N) is 2. The zero-order valence-corrected chi connectivity index (χ0v) is 11.6. The fraction of sp³-hybridized carbons (Fsp3) is 0.273. The minimum absolute atomic E-state index is 0.0202. The predicted molar refractivity (Wildman–Crippen MR) is 68.7 cm³/mol. The number of urea groups is 1. The van der Waals surface area contributed by atoms with Crippen molar-refractivity contribution in [3.05, 3.63) is 23.9 Å². The van der Waals surface area contributed by atoms with Crippen molar-refractivity contribution in [2.75, 3.05) is 12.3 Å². The molecule has 2 rings (SSSR count). The van der Waals surface area contributed by atoms with Crippen LogP contribution in [-0.2, 0) is 4.79 Å². The largest absolute Gasteiger partial charge is 0.398 e. The smallest absolute Gasteiger partial charge is 0.275 e. The first-order valence-electron chi connectivity index (χ1n) is 5.82. The van der Waals surface area contributed by atoms with Gasteiger partial charge < -0.3 is 0 Å². The van der Waals surface area contributed by atoms with Crippen LogP contribution < -0.4 is 10.7 Å². The van der Waals surface area contributed by atoms with Crippen LogP contribution in [0.5, 0.6) is 0 Å². The summed E-state index contributed by atoms with van der Waals surface area (Å²) in [5.41, 5.74) is 2.20. The van der Waals surface area contributed by atoms with Gasteiger partial charge in [0, 0.05) is 11.8 Å². The van der Waals surface area contributed by atoms with E-state index in [1.165, 1.54) is 18.3 Å². The summed E-state index contributed by atoms with van der Waals surface area (Å²) in [6.45, 7) is -0.328. The van der Waals surface area contributed by atoms with Crippen LogP contribution in [-0.4, -0.2) is 46.3 Å². The number of hydrogen-bond acceptors (Lipinski definition) is 5. The fourth-order valence-electron chi connectivity index (χ4n) is 1.50. The average Bonchev–Trinajstić information content (AvgIpc) is 2.74. The van der Waals surface area contributed by atoms with Gasteiger partial charge in [0.25, 0.3) is 5.91 Å². The van der Waals surface area contributed by atoms with Crippen LogP contribution >= 0.6 is 11.8 Å². The van der Waals surface area contributed by atoms with Gasteiger partial charge in [-0.3, -0.25) is 20.3 Å². The summed E-state index contributed by atoms with van der Waals surface area (Å²) in [6.07, 6.45) is -3.17. The van der Waals surface area contributed by atoms with E-state index < -0.39 is 29.8 Å². The van der Waals surface area contributed by atoms with E-state index >= 15 is 0 Å². The molecule has 1 aliphatic heterocycles. The molecule has 0 spiro atoms. The number of thioether (sulfide) groups is 1. The highest BCUT2D eigenvalue weighted by molar-refractivity contribution is 7.99. The number of imide groups is 1. The van der Waals surface area contributed by atoms with Gasteiger partial charge in [0.15, 0.2) is 0 Å². The minimum Gasteiger partial charge on any atom is -0.275 e. The molecular weight excluding hydrogens is 325 g/mol. The van der Waals surface area contributed by atoms with Crippen LogP contribution in [0.25, 0.3) is 0 Å². The van der Waals surface area contributed by atoms with Crippen molar-refractivity contribution in [2.24, 2.45) is 0 Å². The number of carbonyl (C=O) groups excluding carboxylic acids is 3. The Balaban J connectivity index is 2.01. The van der Waals surface area contributed by atoms with Crippen LogP contribution in [0.4, 0.5) is 18.0 Å². The topological polar surface area (TPSA) is 91.4 Å². The number of nitrogens with one attached hydrogen (secondary N) is 2. The molecule has 1 aliphatic rings. The third-order valence-corrected chi connectivity index (χ3v) is 3.40. The molecule has 7 nitrogen and oxygen atoms in total. The first kappa shape index (κ1) is 16.1. The monoisotopic (exact) mass is 334 g/mol. The lowest BCUT2D eigenvalue weighted by Crippen LogP contribution is -2.44. The van der Waals surface area contributed by atoms with Gasteiger partial charge in [-0.05, 0) is 12.1 Å². The van der Waals surface area contributed by atoms with E-state index in [1.807, 2.05) is 5.32 Å². The van der Waals surface area contributed by atoms with Gasteiger partial charge in [0.05, 0.1) is 10.8 Å². The predicted octanol–water partition coefficient (Wildman–Crippen LogP) is 0.933. The van der Waals surface area contributed by atoms with E-state index in [1.54, 1.807) is 0 Å². The summed E-state index contributed by atoms with van der Waals surface area (Å²) in [6, 6.07) is 1.67. The van der Waals surface area contributed by atoms with Crippen molar-refractivity contribution < 1.29 is 27.6 Å². The zero-order valence-electron chi connectivity index (χ0n) is 10.8. The van der Waals surface area contributed by atoms with Crippen molar-refractivity contribution in [2.45, 2.75) is 11.2 Å². The van der Waals surface area contributed by atoms with Crippen LogP contribution in [0.15, 0.2) is 23.4 Å². The summed E-state index contributed by atoms with van der Waals surface area (Å²) in [5, 5.41) is 2.76. The molecule has 1 fully saturated rings.